The molecule has 2 aromatic rings. The van der Waals surface area contributed by atoms with Crippen molar-refractivity contribution < 1.29 is 19.4 Å². The van der Waals surface area contributed by atoms with Gasteiger partial charge >= 0.3 is 5.97 Å². The highest BCUT2D eigenvalue weighted by molar-refractivity contribution is 9.10. The van der Waals surface area contributed by atoms with Crippen molar-refractivity contribution in [1.29, 1.82) is 0 Å². The van der Waals surface area contributed by atoms with E-state index in [0.717, 1.165) is 28.1 Å². The minimum absolute atomic E-state index is 0.198. The van der Waals surface area contributed by atoms with E-state index in [2.05, 4.69) is 21.2 Å². The molecule has 126 valence electrons. The summed E-state index contributed by atoms with van der Waals surface area (Å²) in [6, 6.07) is 10.2. The van der Waals surface area contributed by atoms with Crippen molar-refractivity contribution in [1.82, 2.24) is 5.32 Å². The number of carbonyl (C=O) groups is 2. The van der Waals surface area contributed by atoms with Gasteiger partial charge < -0.3 is 15.2 Å². The molecule has 0 aromatic heterocycles. The first-order valence-corrected chi connectivity index (χ1v) is 8.64. The van der Waals surface area contributed by atoms with Crippen LogP contribution in [0.5, 0.6) is 0 Å². The Bertz CT molecular complexity index is 771. The van der Waals surface area contributed by atoms with Gasteiger partial charge in [-0.25, -0.2) is 4.79 Å². The Morgan fingerprint density at radius 1 is 1.21 bits per heavy atom. The molecule has 24 heavy (non-hydrogen) atoms. The molecule has 5 nitrogen and oxygen atoms in total. The van der Waals surface area contributed by atoms with Crippen molar-refractivity contribution in [2.24, 2.45) is 5.92 Å². The van der Waals surface area contributed by atoms with E-state index in [9.17, 15) is 14.7 Å². The number of aliphatic carboxylic acids is 1. The molecular weight excluding hydrogens is 374 g/mol. The van der Waals surface area contributed by atoms with Crippen LogP contribution < -0.4 is 5.32 Å². The van der Waals surface area contributed by atoms with Crippen molar-refractivity contribution in [3.63, 3.8) is 0 Å². The standard InChI is InChI=1S/C18H18BrNO4/c19-15-6-5-11-8-13(4-3-12(11)9-15)17(21)20-16(18(22)23)14-2-1-7-24-10-14/h3-6,8-9,14,16H,1-2,7,10H2,(H,20,21)(H,22,23). The highest BCUT2D eigenvalue weighted by Gasteiger charge is 2.31. The number of benzene rings is 2. The maximum atomic E-state index is 12.5. The predicted molar refractivity (Wildman–Crippen MR) is 94.1 cm³/mol. The summed E-state index contributed by atoms with van der Waals surface area (Å²) in [5, 5.41) is 14.0. The molecule has 0 bridgehead atoms. The topological polar surface area (TPSA) is 75.6 Å². The van der Waals surface area contributed by atoms with Gasteiger partial charge in [0.25, 0.3) is 5.91 Å². The summed E-state index contributed by atoms with van der Waals surface area (Å²) in [6.07, 6.45) is 1.55. The van der Waals surface area contributed by atoms with Crippen LogP contribution in [0.2, 0.25) is 0 Å². The number of ether oxygens (including phenoxy) is 1. The predicted octanol–water partition coefficient (Wildman–Crippen LogP) is 3.21. The highest BCUT2D eigenvalue weighted by atomic mass is 79.9. The zero-order valence-corrected chi connectivity index (χ0v) is 14.6. The molecule has 0 radical (unpaired) electrons. The summed E-state index contributed by atoms with van der Waals surface area (Å²) in [5.41, 5.74) is 0.452. The lowest BCUT2D eigenvalue weighted by atomic mass is 9.93. The van der Waals surface area contributed by atoms with E-state index in [1.807, 2.05) is 24.3 Å². The fraction of sp³-hybridized carbons (Fsp3) is 0.333. The van der Waals surface area contributed by atoms with Gasteiger partial charge in [0.2, 0.25) is 0 Å². The molecular formula is C18H18BrNO4. The number of hydrogen-bond donors (Lipinski definition) is 2. The molecule has 1 aliphatic heterocycles. The summed E-state index contributed by atoms with van der Waals surface area (Å²) in [7, 11) is 0. The van der Waals surface area contributed by atoms with Gasteiger partial charge in [0.1, 0.15) is 6.04 Å². The molecule has 1 saturated heterocycles. The zero-order valence-electron chi connectivity index (χ0n) is 13.0. The van der Waals surface area contributed by atoms with E-state index in [1.165, 1.54) is 0 Å². The summed E-state index contributed by atoms with van der Waals surface area (Å²) in [4.78, 5) is 24.0. The van der Waals surface area contributed by atoms with E-state index in [0.29, 0.717) is 18.8 Å². The SMILES string of the molecule is O=C(NC(C(=O)O)C1CCCOC1)c1ccc2cc(Br)ccc2c1. The number of amides is 1. The van der Waals surface area contributed by atoms with Crippen LogP contribution in [0.1, 0.15) is 23.2 Å². The van der Waals surface area contributed by atoms with Gasteiger partial charge in [-0.1, -0.05) is 28.1 Å². The molecule has 1 fully saturated rings. The van der Waals surface area contributed by atoms with Crippen LogP contribution >= 0.6 is 15.9 Å². The van der Waals surface area contributed by atoms with Gasteiger partial charge in [-0.15, -0.1) is 0 Å². The van der Waals surface area contributed by atoms with Gasteiger partial charge in [0.15, 0.2) is 0 Å². The third-order valence-corrected chi connectivity index (χ3v) is 4.78. The van der Waals surface area contributed by atoms with Gasteiger partial charge in [0, 0.05) is 22.6 Å². The number of carbonyl (C=O) groups excluding carboxylic acids is 1. The van der Waals surface area contributed by atoms with E-state index >= 15 is 0 Å². The van der Waals surface area contributed by atoms with Gasteiger partial charge in [-0.3, -0.25) is 4.79 Å². The fourth-order valence-corrected chi connectivity index (χ4v) is 3.37. The molecule has 0 spiro atoms. The van der Waals surface area contributed by atoms with Gasteiger partial charge in [0.05, 0.1) is 6.61 Å². The molecule has 0 aliphatic carbocycles. The molecule has 2 aromatic carbocycles. The Morgan fingerprint density at radius 3 is 2.67 bits per heavy atom. The molecule has 2 unspecified atom stereocenters. The number of rotatable bonds is 4. The summed E-state index contributed by atoms with van der Waals surface area (Å²) >= 11 is 3.42. The lowest BCUT2D eigenvalue weighted by molar-refractivity contribution is -0.142. The maximum absolute atomic E-state index is 12.5. The number of nitrogens with one attached hydrogen (secondary N) is 1. The van der Waals surface area contributed by atoms with E-state index in [1.54, 1.807) is 12.1 Å². The van der Waals surface area contributed by atoms with E-state index < -0.39 is 12.0 Å². The van der Waals surface area contributed by atoms with Gasteiger partial charge in [-0.05, 0) is 47.9 Å². The van der Waals surface area contributed by atoms with Crippen molar-refractivity contribution >= 4 is 38.6 Å². The first-order chi connectivity index (χ1) is 11.5. The smallest absolute Gasteiger partial charge is 0.326 e. The van der Waals surface area contributed by atoms with Crippen molar-refractivity contribution in [2.45, 2.75) is 18.9 Å². The van der Waals surface area contributed by atoms with Crippen molar-refractivity contribution in [3.8, 4) is 0 Å². The van der Waals surface area contributed by atoms with E-state index in [-0.39, 0.29) is 11.8 Å². The molecule has 1 heterocycles. The maximum Gasteiger partial charge on any atom is 0.326 e. The van der Waals surface area contributed by atoms with Gasteiger partial charge in [-0.2, -0.15) is 0 Å². The first kappa shape index (κ1) is 16.9. The van der Waals surface area contributed by atoms with Crippen LogP contribution in [-0.4, -0.2) is 36.2 Å². The average Bonchev–Trinajstić information content (AvgIpc) is 2.59. The Labute approximate surface area is 148 Å². The van der Waals surface area contributed by atoms with Crippen LogP contribution in [0.15, 0.2) is 40.9 Å². The molecule has 6 heteroatoms. The Balaban J connectivity index is 1.79. The zero-order chi connectivity index (χ0) is 17.1. The third kappa shape index (κ3) is 3.76. The van der Waals surface area contributed by atoms with Crippen molar-refractivity contribution in [2.75, 3.05) is 13.2 Å². The lowest BCUT2D eigenvalue weighted by Gasteiger charge is -2.28. The largest absolute Gasteiger partial charge is 0.480 e. The molecule has 1 amide bonds. The lowest BCUT2D eigenvalue weighted by Crippen LogP contribution is -2.48. The Hall–Kier alpha value is -1.92. The van der Waals surface area contributed by atoms with Crippen LogP contribution in [0.25, 0.3) is 10.8 Å². The highest BCUT2D eigenvalue weighted by Crippen LogP contribution is 2.22. The monoisotopic (exact) mass is 391 g/mol. The summed E-state index contributed by atoms with van der Waals surface area (Å²) in [5.74, 6) is -1.60. The second-order valence-corrected chi connectivity index (χ2v) is 6.89. The van der Waals surface area contributed by atoms with Crippen LogP contribution in [0, 0.1) is 5.92 Å². The molecule has 2 N–H and O–H groups in total. The molecule has 2 atom stereocenters. The van der Waals surface area contributed by atoms with Crippen molar-refractivity contribution in [3.05, 3.63) is 46.4 Å². The van der Waals surface area contributed by atoms with Crippen LogP contribution in [-0.2, 0) is 9.53 Å². The first-order valence-electron chi connectivity index (χ1n) is 7.85. The Kier molecular flexibility index (Phi) is 5.16. The minimum Gasteiger partial charge on any atom is -0.480 e. The number of carboxylic acids is 1. The van der Waals surface area contributed by atoms with E-state index in [4.69, 9.17) is 4.74 Å². The molecule has 0 saturated carbocycles. The Morgan fingerprint density at radius 2 is 1.96 bits per heavy atom. The van der Waals surface area contributed by atoms with Crippen LogP contribution in [0.3, 0.4) is 0 Å². The fourth-order valence-electron chi connectivity index (χ4n) is 2.99. The number of carboxylic acid groups (broad SMARTS) is 1. The normalized spacial score (nSPS) is 19.0. The molecule has 1 aliphatic rings. The minimum atomic E-state index is -1.02. The second-order valence-electron chi connectivity index (χ2n) is 5.97. The number of fused-ring (bicyclic) bond motifs is 1. The van der Waals surface area contributed by atoms with Crippen LogP contribution in [0.4, 0.5) is 0 Å². The summed E-state index contributed by atoms with van der Waals surface area (Å²) < 4.78 is 6.32. The quantitative estimate of drug-likeness (QED) is 0.838. The average molecular weight is 392 g/mol. The summed E-state index contributed by atoms with van der Waals surface area (Å²) in [6.45, 7) is 1.01. The number of hydrogen-bond acceptors (Lipinski definition) is 3. The number of halogens is 1. The second kappa shape index (κ2) is 7.32. The third-order valence-electron chi connectivity index (χ3n) is 4.28. The molecule has 3 rings (SSSR count).